The first-order valence-corrected chi connectivity index (χ1v) is 21.4. The molecule has 0 unspecified atom stereocenters. The maximum atomic E-state index is 8.25. The van der Waals surface area contributed by atoms with Crippen molar-refractivity contribution in [1.82, 2.24) is 0 Å². The predicted molar refractivity (Wildman–Crippen MR) is 116 cm³/mol. The Morgan fingerprint density at radius 2 is 1.08 bits per heavy atom. The Labute approximate surface area is 155 Å². The second-order valence-corrected chi connectivity index (χ2v) is 26.5. The van der Waals surface area contributed by atoms with Gasteiger partial charge in [0.1, 0.15) is 0 Å². The third-order valence-electron chi connectivity index (χ3n) is 2.95. The monoisotopic (exact) mass is 407 g/mol. The van der Waals surface area contributed by atoms with Gasteiger partial charge in [-0.1, -0.05) is 13.3 Å². The first kappa shape index (κ1) is 24.4. The molecule has 0 spiro atoms. The van der Waals surface area contributed by atoms with E-state index in [4.69, 9.17) is 17.8 Å². The summed E-state index contributed by atoms with van der Waals surface area (Å²) in [4.78, 5) is 0. The van der Waals surface area contributed by atoms with E-state index in [1.807, 2.05) is 0 Å². The quantitative estimate of drug-likeness (QED) is 0.315. The standard InChI is InChI=1S/C16H41NO3Si4/c1-11-12-13-16(17)14-15-24(18-21(2,3)4,19-22(5,6)7)20-23(8,9)10/h17H,11-15H2,1-10H3. The van der Waals surface area contributed by atoms with Crippen molar-refractivity contribution in [1.29, 1.82) is 5.41 Å². The fraction of sp³-hybridized carbons (Fsp3) is 0.938. The highest BCUT2D eigenvalue weighted by atomic mass is 28.5. The van der Waals surface area contributed by atoms with Crippen molar-refractivity contribution in [2.24, 2.45) is 0 Å². The molecule has 4 nitrogen and oxygen atoms in total. The molecule has 0 saturated carbocycles. The minimum absolute atomic E-state index is 0.742. The molecular formula is C16H41NO3Si4. The molecule has 0 atom stereocenters. The summed E-state index contributed by atoms with van der Waals surface area (Å²) in [6, 6.07) is 0.758. The fourth-order valence-corrected chi connectivity index (χ4v) is 17.1. The van der Waals surface area contributed by atoms with Crippen LogP contribution in [0.25, 0.3) is 0 Å². The van der Waals surface area contributed by atoms with Crippen molar-refractivity contribution in [3.8, 4) is 0 Å². The molecule has 144 valence electrons. The summed E-state index contributed by atoms with van der Waals surface area (Å²) in [6.07, 6.45) is 3.85. The van der Waals surface area contributed by atoms with Gasteiger partial charge in [-0.25, -0.2) is 0 Å². The van der Waals surface area contributed by atoms with E-state index in [2.05, 4.69) is 65.8 Å². The zero-order chi connectivity index (χ0) is 19.2. The van der Waals surface area contributed by atoms with Crippen molar-refractivity contribution >= 4 is 39.5 Å². The molecule has 0 aromatic heterocycles. The van der Waals surface area contributed by atoms with Crippen LogP contribution in [-0.4, -0.2) is 39.5 Å². The van der Waals surface area contributed by atoms with Crippen LogP contribution < -0.4 is 0 Å². The highest BCUT2D eigenvalue weighted by Crippen LogP contribution is 2.30. The van der Waals surface area contributed by atoms with Crippen LogP contribution in [0, 0.1) is 5.41 Å². The van der Waals surface area contributed by atoms with E-state index in [0.717, 1.165) is 37.4 Å². The summed E-state index contributed by atoms with van der Waals surface area (Å²) in [6.45, 7) is 22.0. The van der Waals surface area contributed by atoms with Crippen molar-refractivity contribution in [2.45, 2.75) is 97.6 Å². The molecule has 0 heterocycles. The first-order chi connectivity index (χ1) is 10.6. The molecule has 0 rings (SSSR count). The maximum Gasteiger partial charge on any atom is 0.469 e. The van der Waals surface area contributed by atoms with Gasteiger partial charge >= 0.3 is 8.80 Å². The zero-order valence-electron chi connectivity index (χ0n) is 17.8. The summed E-state index contributed by atoms with van der Waals surface area (Å²) in [5.74, 6) is 0. The number of rotatable bonds is 12. The van der Waals surface area contributed by atoms with Gasteiger partial charge in [0.25, 0.3) is 0 Å². The van der Waals surface area contributed by atoms with Crippen molar-refractivity contribution in [3.05, 3.63) is 0 Å². The smallest absolute Gasteiger partial charge is 0.417 e. The predicted octanol–water partition coefficient (Wildman–Crippen LogP) is 6.08. The Bertz CT molecular complexity index is 357. The molecule has 0 saturated heterocycles. The number of hydrogen-bond acceptors (Lipinski definition) is 4. The van der Waals surface area contributed by atoms with Crippen LogP contribution in [0.4, 0.5) is 0 Å². The summed E-state index contributed by atoms with van der Waals surface area (Å²) in [5, 5.41) is 8.25. The minimum Gasteiger partial charge on any atom is -0.417 e. The lowest BCUT2D eigenvalue weighted by atomic mass is 10.1. The lowest BCUT2D eigenvalue weighted by molar-refractivity contribution is 0.252. The topological polar surface area (TPSA) is 51.5 Å². The van der Waals surface area contributed by atoms with E-state index >= 15 is 0 Å². The van der Waals surface area contributed by atoms with Gasteiger partial charge in [-0.15, -0.1) is 0 Å². The normalized spacial score (nSPS) is 14.1. The summed E-state index contributed by atoms with van der Waals surface area (Å²) in [7, 11) is -8.17. The van der Waals surface area contributed by atoms with E-state index in [0.29, 0.717) is 0 Å². The van der Waals surface area contributed by atoms with Gasteiger partial charge in [-0.3, -0.25) is 0 Å². The van der Waals surface area contributed by atoms with E-state index < -0.39 is 33.8 Å². The van der Waals surface area contributed by atoms with Gasteiger partial charge in [0.15, 0.2) is 25.0 Å². The van der Waals surface area contributed by atoms with Crippen LogP contribution in [0.1, 0.15) is 32.6 Å². The Morgan fingerprint density at radius 1 is 0.708 bits per heavy atom. The molecule has 0 aliphatic heterocycles. The lowest BCUT2D eigenvalue weighted by Gasteiger charge is -2.43. The summed E-state index contributed by atoms with van der Waals surface area (Å²) < 4.78 is 19.9. The maximum absolute atomic E-state index is 8.25. The molecular weight excluding hydrogens is 367 g/mol. The van der Waals surface area contributed by atoms with E-state index in [-0.39, 0.29) is 0 Å². The number of unbranched alkanes of at least 4 members (excludes halogenated alkanes) is 1. The van der Waals surface area contributed by atoms with Crippen LogP contribution in [-0.2, 0) is 12.3 Å². The average molecular weight is 408 g/mol. The fourth-order valence-electron chi connectivity index (χ4n) is 2.43. The molecule has 0 bridgehead atoms. The van der Waals surface area contributed by atoms with Crippen LogP contribution >= 0.6 is 0 Å². The Kier molecular flexibility index (Phi) is 9.54. The molecule has 0 aromatic carbocycles. The van der Waals surface area contributed by atoms with E-state index in [1.54, 1.807) is 0 Å². The molecule has 0 amide bonds. The van der Waals surface area contributed by atoms with Gasteiger partial charge in [0.2, 0.25) is 0 Å². The van der Waals surface area contributed by atoms with Gasteiger partial charge in [-0.05, 0) is 78.2 Å². The molecule has 1 N–H and O–H groups in total. The summed E-state index contributed by atoms with van der Waals surface area (Å²) >= 11 is 0. The van der Waals surface area contributed by atoms with Crippen LogP contribution in [0.3, 0.4) is 0 Å². The Hall–Kier alpha value is 0.418. The SMILES string of the molecule is CCCCC(=N)CC[Si](O[Si](C)(C)C)(O[Si](C)(C)C)O[Si](C)(C)C. The average Bonchev–Trinajstić information content (AvgIpc) is 2.27. The van der Waals surface area contributed by atoms with Gasteiger partial charge in [0.05, 0.1) is 0 Å². The Morgan fingerprint density at radius 3 is 1.38 bits per heavy atom. The van der Waals surface area contributed by atoms with Crippen LogP contribution in [0.15, 0.2) is 0 Å². The molecule has 24 heavy (non-hydrogen) atoms. The minimum atomic E-state index is -2.76. The van der Waals surface area contributed by atoms with Gasteiger partial charge in [-0.2, -0.15) is 0 Å². The molecule has 0 radical (unpaired) electrons. The number of nitrogens with one attached hydrogen (secondary N) is 1. The highest BCUT2D eigenvalue weighted by Gasteiger charge is 2.49. The number of hydrogen-bond donors (Lipinski definition) is 1. The lowest BCUT2D eigenvalue weighted by Crippen LogP contribution is -2.60. The van der Waals surface area contributed by atoms with Gasteiger partial charge in [0, 0.05) is 11.8 Å². The first-order valence-electron chi connectivity index (χ1n) is 9.24. The van der Waals surface area contributed by atoms with Crippen molar-refractivity contribution < 1.29 is 12.3 Å². The largest absolute Gasteiger partial charge is 0.469 e. The third-order valence-corrected chi connectivity index (χ3v) is 14.9. The van der Waals surface area contributed by atoms with Crippen LogP contribution in [0.2, 0.25) is 65.0 Å². The van der Waals surface area contributed by atoms with Crippen molar-refractivity contribution in [2.75, 3.05) is 0 Å². The van der Waals surface area contributed by atoms with Crippen molar-refractivity contribution in [3.63, 3.8) is 0 Å². The molecule has 0 fully saturated rings. The molecule has 0 aromatic rings. The highest BCUT2D eigenvalue weighted by molar-refractivity contribution is 6.90. The molecule has 8 heteroatoms. The third kappa shape index (κ3) is 12.7. The Balaban J connectivity index is 5.42. The van der Waals surface area contributed by atoms with Gasteiger partial charge < -0.3 is 17.8 Å². The second-order valence-electron chi connectivity index (χ2n) is 9.53. The van der Waals surface area contributed by atoms with Crippen LogP contribution in [0.5, 0.6) is 0 Å². The molecule has 0 aliphatic rings. The van der Waals surface area contributed by atoms with E-state index in [9.17, 15) is 0 Å². The zero-order valence-corrected chi connectivity index (χ0v) is 21.8. The molecule has 0 aliphatic carbocycles. The van der Waals surface area contributed by atoms with E-state index in [1.165, 1.54) is 0 Å². The second kappa shape index (κ2) is 9.38. The summed E-state index contributed by atoms with van der Waals surface area (Å²) in [5.41, 5.74) is 0.811.